The number of hydrogen-bond acceptors (Lipinski definition) is 9. The zero-order valence-electron chi connectivity index (χ0n) is 29.2. The van der Waals surface area contributed by atoms with Gasteiger partial charge in [0.2, 0.25) is 11.8 Å². The number of urea groups is 1. The number of amides is 4. The van der Waals surface area contributed by atoms with Gasteiger partial charge in [-0.2, -0.15) is 0 Å². The fraction of sp³-hybridized carbons (Fsp3) is 0.306. The van der Waals surface area contributed by atoms with Crippen molar-refractivity contribution in [2.75, 3.05) is 32.8 Å². The van der Waals surface area contributed by atoms with E-state index in [1.54, 1.807) is 48.5 Å². The minimum Gasteiger partial charge on any atom is -0.482 e. The molecule has 0 heterocycles. The maximum atomic E-state index is 15.0. The second-order valence-electron chi connectivity index (χ2n) is 11.8. The molecule has 0 unspecified atom stereocenters. The van der Waals surface area contributed by atoms with E-state index in [-0.39, 0.29) is 56.4 Å². The molecule has 18 heteroatoms. The highest BCUT2D eigenvalue weighted by molar-refractivity contribution is 5.93. The van der Waals surface area contributed by atoms with E-state index in [1.807, 2.05) is 0 Å². The van der Waals surface area contributed by atoms with Gasteiger partial charge >= 0.3 is 23.9 Å². The van der Waals surface area contributed by atoms with Gasteiger partial charge in [-0.15, -0.1) is 0 Å². The first kappa shape index (κ1) is 41.6. The van der Waals surface area contributed by atoms with Crippen molar-refractivity contribution in [2.45, 2.75) is 37.8 Å². The van der Waals surface area contributed by atoms with Gasteiger partial charge < -0.3 is 57.5 Å². The smallest absolute Gasteiger partial charge is 0.341 e. The number of carboxylic acid groups (broad SMARTS) is 3. The molecule has 0 aliphatic heterocycles. The number of aliphatic imine (C=N–C) groups is 1. The summed E-state index contributed by atoms with van der Waals surface area (Å²) in [6.45, 7) is -1.59. The zero-order valence-corrected chi connectivity index (χ0v) is 29.2. The molecule has 54 heavy (non-hydrogen) atoms. The minimum absolute atomic E-state index is 0.0126. The third-order valence-electron chi connectivity index (χ3n) is 7.84. The van der Waals surface area contributed by atoms with Crippen LogP contribution >= 0.6 is 0 Å². The molecule has 3 aromatic carbocycles. The topological polar surface area (TPSA) is 299 Å². The van der Waals surface area contributed by atoms with Gasteiger partial charge in [0.25, 0.3) is 0 Å². The highest BCUT2D eigenvalue weighted by Crippen LogP contribution is 2.31. The van der Waals surface area contributed by atoms with Gasteiger partial charge in [0, 0.05) is 19.6 Å². The summed E-state index contributed by atoms with van der Waals surface area (Å²) in [6.07, 6.45) is 0.537. The Bertz CT molecular complexity index is 1720. The molecule has 18 nitrogen and oxygen atoms in total. The van der Waals surface area contributed by atoms with E-state index in [2.05, 4.69) is 15.6 Å². The Morgan fingerprint density at radius 1 is 0.704 bits per heavy atom. The molecule has 11 N–H and O–H groups in total. The lowest BCUT2D eigenvalue weighted by Crippen LogP contribution is -2.52. The van der Waals surface area contributed by atoms with Crippen LogP contribution in [0.15, 0.2) is 77.8 Å². The molecule has 288 valence electrons. The van der Waals surface area contributed by atoms with Gasteiger partial charge in [0.05, 0.1) is 5.92 Å². The van der Waals surface area contributed by atoms with Crippen LogP contribution in [0.25, 0.3) is 0 Å². The number of aliphatic carboxylic acids is 3. The summed E-state index contributed by atoms with van der Waals surface area (Å²) in [5.41, 5.74) is 18.6. The molecule has 4 amide bonds. The summed E-state index contributed by atoms with van der Waals surface area (Å²) >= 11 is 0. The summed E-state index contributed by atoms with van der Waals surface area (Å²) in [6, 6.07) is 17.5. The molecule has 0 bridgehead atoms. The molecule has 0 saturated carbocycles. The van der Waals surface area contributed by atoms with Crippen molar-refractivity contribution < 1.29 is 53.6 Å². The Balaban J connectivity index is 2.10. The Morgan fingerprint density at radius 2 is 1.22 bits per heavy atom. The molecule has 0 spiro atoms. The Morgan fingerprint density at radius 3 is 1.69 bits per heavy atom. The largest absolute Gasteiger partial charge is 0.482 e. The first-order valence-electron chi connectivity index (χ1n) is 16.6. The lowest BCUT2D eigenvalue weighted by atomic mass is 9.88. The van der Waals surface area contributed by atoms with Crippen LogP contribution < -0.4 is 37.3 Å². The molecule has 0 radical (unpaired) electrons. The van der Waals surface area contributed by atoms with E-state index >= 15 is 0 Å². The average Bonchev–Trinajstić information content (AvgIpc) is 3.13. The van der Waals surface area contributed by atoms with Crippen LogP contribution in [-0.2, 0) is 36.9 Å². The summed E-state index contributed by atoms with van der Waals surface area (Å²) in [4.78, 5) is 78.7. The predicted octanol–water partition coefficient (Wildman–Crippen LogP) is 0.608. The van der Waals surface area contributed by atoms with Crippen LogP contribution in [0.2, 0.25) is 0 Å². The number of carbonyl (C=O) groups excluding carboxylic acids is 3. The van der Waals surface area contributed by atoms with Crippen LogP contribution in [0, 0.1) is 0 Å². The quantitative estimate of drug-likeness (QED) is 0.0397. The van der Waals surface area contributed by atoms with E-state index in [0.717, 1.165) is 11.1 Å². The molecule has 3 rings (SSSR count). The van der Waals surface area contributed by atoms with Crippen LogP contribution in [0.5, 0.6) is 11.5 Å². The number of nitrogens with zero attached hydrogens (tertiary/aromatic N) is 2. The van der Waals surface area contributed by atoms with Crippen LogP contribution in [0.3, 0.4) is 0 Å². The second-order valence-corrected chi connectivity index (χ2v) is 11.8. The monoisotopic (exact) mass is 749 g/mol. The van der Waals surface area contributed by atoms with Crippen molar-refractivity contribution in [1.82, 2.24) is 15.5 Å². The summed E-state index contributed by atoms with van der Waals surface area (Å²) < 4.78 is 10.5. The highest BCUT2D eigenvalue weighted by Gasteiger charge is 2.35. The normalized spacial score (nSPS) is 11.1. The van der Waals surface area contributed by atoms with Crippen molar-refractivity contribution in [1.29, 1.82) is 0 Å². The number of primary amides is 1. The van der Waals surface area contributed by atoms with Crippen LogP contribution in [0.1, 0.15) is 41.0 Å². The second kappa shape index (κ2) is 20.9. The van der Waals surface area contributed by atoms with Crippen LogP contribution in [-0.4, -0.2) is 101 Å². The van der Waals surface area contributed by atoms with E-state index in [9.17, 15) is 33.9 Å². The Labute approximate surface area is 309 Å². The van der Waals surface area contributed by atoms with Gasteiger partial charge in [-0.05, 0) is 65.8 Å². The molecule has 1 atom stereocenters. The number of ether oxygens (including phenoxy) is 2. The molecule has 0 aliphatic rings. The average molecular weight is 750 g/mol. The number of nitrogens with two attached hydrogens (primary N) is 3. The number of rotatable bonds is 22. The molecule has 0 saturated heterocycles. The lowest BCUT2D eigenvalue weighted by molar-refractivity contribution is -0.143. The predicted molar refractivity (Wildman–Crippen MR) is 194 cm³/mol. The molecule has 3 aromatic rings. The van der Waals surface area contributed by atoms with Gasteiger partial charge in [-0.3, -0.25) is 19.4 Å². The number of hydrogen-bond donors (Lipinski definition) is 8. The van der Waals surface area contributed by atoms with E-state index in [4.69, 9.17) is 36.9 Å². The number of carbonyl (C=O) groups is 6. The summed E-state index contributed by atoms with van der Waals surface area (Å²) in [5, 5.41) is 32.3. The summed E-state index contributed by atoms with van der Waals surface area (Å²) in [5.74, 6) is -5.74. The van der Waals surface area contributed by atoms with Gasteiger partial charge in [0.15, 0.2) is 19.2 Å². The van der Waals surface area contributed by atoms with Crippen molar-refractivity contribution in [3.63, 3.8) is 0 Å². The first-order valence-corrected chi connectivity index (χ1v) is 16.6. The molecular weight excluding hydrogens is 706 g/mol. The first-order chi connectivity index (χ1) is 25.7. The Hall–Kier alpha value is -6.85. The highest BCUT2D eigenvalue weighted by atomic mass is 16.5. The van der Waals surface area contributed by atoms with Crippen molar-refractivity contribution in [2.24, 2.45) is 22.2 Å². The fourth-order valence-corrected chi connectivity index (χ4v) is 5.33. The molecular formula is C36H43N7O11. The van der Waals surface area contributed by atoms with E-state index < -0.39 is 67.5 Å². The number of benzene rings is 3. The molecule has 0 fully saturated rings. The maximum absolute atomic E-state index is 15.0. The van der Waals surface area contributed by atoms with Gasteiger partial charge in [0.1, 0.15) is 24.1 Å². The number of nitrogens with one attached hydrogen (secondary N) is 2. The van der Waals surface area contributed by atoms with Crippen molar-refractivity contribution >= 4 is 41.7 Å². The van der Waals surface area contributed by atoms with Crippen molar-refractivity contribution in [3.8, 4) is 11.5 Å². The maximum Gasteiger partial charge on any atom is 0.341 e. The van der Waals surface area contributed by atoms with Crippen LogP contribution in [0.4, 0.5) is 4.79 Å². The lowest BCUT2D eigenvalue weighted by Gasteiger charge is -2.34. The third kappa shape index (κ3) is 14.0. The van der Waals surface area contributed by atoms with Crippen molar-refractivity contribution in [3.05, 3.63) is 95.1 Å². The van der Waals surface area contributed by atoms with Gasteiger partial charge in [-0.25, -0.2) is 14.4 Å². The molecule has 0 aromatic heterocycles. The number of guanidine groups is 1. The third-order valence-corrected chi connectivity index (χ3v) is 7.84. The van der Waals surface area contributed by atoms with E-state index in [0.29, 0.717) is 11.1 Å². The Kier molecular flexibility index (Phi) is 16.1. The number of carboxylic acids is 3. The van der Waals surface area contributed by atoms with Gasteiger partial charge in [-0.1, -0.05) is 48.5 Å². The standard InChI is InChI=1S/C36H43N7O11/c37-35(38)40-16-1-2-28(33(50)41-19-29(44)45)43(17-15-22-3-5-23(6-4-22)18-42-36(39)52)34(51)32(24-7-11-26(12-8-24)53-20-30(46)47)25-9-13-27(14-10-25)54-21-31(48)49/h3-14,28,32H,1-2,15-21H2,(H,41,50)(H,44,45)(H,46,47)(H,48,49)(H4,37,38,40)(H3,39,42,52)/t28-/m1/s1. The molecule has 0 aliphatic carbocycles. The fourth-order valence-electron chi connectivity index (χ4n) is 5.33. The summed E-state index contributed by atoms with van der Waals surface area (Å²) in [7, 11) is 0. The zero-order chi connectivity index (χ0) is 39.6. The SMILES string of the molecule is NC(=O)NCc1ccc(CCN(C(=O)C(c2ccc(OCC(=O)O)cc2)c2ccc(OCC(=O)O)cc2)[C@H](CCCN=C(N)N)C(=O)NCC(=O)O)cc1. The minimum atomic E-state index is -1.29. The van der Waals surface area contributed by atoms with E-state index in [1.165, 1.54) is 29.2 Å².